The van der Waals surface area contributed by atoms with E-state index >= 15 is 0 Å². The summed E-state index contributed by atoms with van der Waals surface area (Å²) in [6.45, 7) is 6.08. The summed E-state index contributed by atoms with van der Waals surface area (Å²) in [6, 6.07) is 1.91. The molecule has 2 bridgehead atoms. The molecule has 2 aliphatic rings. The van der Waals surface area contributed by atoms with E-state index in [9.17, 15) is 0 Å². The van der Waals surface area contributed by atoms with Crippen LogP contribution in [0.2, 0.25) is 0 Å². The molecule has 2 aliphatic heterocycles. The summed E-state index contributed by atoms with van der Waals surface area (Å²) < 4.78 is 0. The summed E-state index contributed by atoms with van der Waals surface area (Å²) in [5, 5.41) is 0. The molecule has 0 aromatic heterocycles. The van der Waals surface area contributed by atoms with Crippen molar-refractivity contribution in [3.63, 3.8) is 0 Å². The third kappa shape index (κ3) is 1.39. The summed E-state index contributed by atoms with van der Waals surface area (Å²) in [4.78, 5) is 2.78. The van der Waals surface area contributed by atoms with Gasteiger partial charge in [0.15, 0.2) is 0 Å². The number of rotatable bonds is 2. The normalized spacial score (nSPS) is 42.0. The SMILES string of the molecule is CCCN1[C@@H]2CC[C@H]1CC(C)C2. The van der Waals surface area contributed by atoms with Crippen LogP contribution in [0.15, 0.2) is 0 Å². The Hall–Kier alpha value is -0.0400. The number of nitrogens with zero attached hydrogens (tertiary/aromatic N) is 1. The van der Waals surface area contributed by atoms with E-state index in [1.165, 1.54) is 38.6 Å². The van der Waals surface area contributed by atoms with Gasteiger partial charge in [0.2, 0.25) is 0 Å². The lowest BCUT2D eigenvalue weighted by molar-refractivity contribution is 0.110. The van der Waals surface area contributed by atoms with Crippen LogP contribution in [0.4, 0.5) is 0 Å². The second kappa shape index (κ2) is 3.37. The molecule has 2 heterocycles. The first kappa shape index (κ1) is 8.55. The molecule has 0 spiro atoms. The van der Waals surface area contributed by atoms with Crippen molar-refractivity contribution in [3.8, 4) is 0 Å². The molecule has 3 atom stereocenters. The molecule has 0 radical (unpaired) electrons. The van der Waals surface area contributed by atoms with Crippen molar-refractivity contribution in [2.24, 2.45) is 5.92 Å². The molecule has 1 unspecified atom stereocenters. The van der Waals surface area contributed by atoms with Crippen LogP contribution in [0.3, 0.4) is 0 Å². The molecule has 1 nitrogen and oxygen atoms in total. The van der Waals surface area contributed by atoms with Gasteiger partial charge in [0.1, 0.15) is 0 Å². The predicted molar refractivity (Wildman–Crippen MR) is 52.2 cm³/mol. The van der Waals surface area contributed by atoms with E-state index in [0.29, 0.717) is 0 Å². The lowest BCUT2D eigenvalue weighted by atomic mass is 9.92. The summed E-state index contributed by atoms with van der Waals surface area (Å²) in [5.74, 6) is 0.996. The monoisotopic (exact) mass is 167 g/mol. The van der Waals surface area contributed by atoms with Gasteiger partial charge in [-0.3, -0.25) is 4.90 Å². The zero-order valence-corrected chi connectivity index (χ0v) is 8.42. The summed E-state index contributed by atoms with van der Waals surface area (Å²) in [5.41, 5.74) is 0. The van der Waals surface area contributed by atoms with Crippen LogP contribution < -0.4 is 0 Å². The minimum Gasteiger partial charge on any atom is -0.297 e. The van der Waals surface area contributed by atoms with Crippen LogP contribution in [0.5, 0.6) is 0 Å². The molecule has 2 saturated heterocycles. The Labute approximate surface area is 76.1 Å². The van der Waals surface area contributed by atoms with E-state index in [-0.39, 0.29) is 0 Å². The maximum atomic E-state index is 2.78. The smallest absolute Gasteiger partial charge is 0.0101 e. The third-order valence-electron chi connectivity index (χ3n) is 3.60. The van der Waals surface area contributed by atoms with Crippen LogP contribution in [-0.2, 0) is 0 Å². The second-order valence-corrected chi connectivity index (χ2v) is 4.70. The molecule has 0 aromatic rings. The largest absolute Gasteiger partial charge is 0.297 e. The van der Waals surface area contributed by atoms with Crippen molar-refractivity contribution >= 4 is 0 Å². The minimum absolute atomic E-state index is 0.957. The fraction of sp³-hybridized carbons (Fsp3) is 1.00. The van der Waals surface area contributed by atoms with Crippen LogP contribution in [0, 0.1) is 5.92 Å². The van der Waals surface area contributed by atoms with E-state index in [1.807, 2.05) is 0 Å². The van der Waals surface area contributed by atoms with Crippen molar-refractivity contribution in [1.82, 2.24) is 4.90 Å². The number of fused-ring (bicyclic) bond motifs is 2. The Morgan fingerprint density at radius 3 is 2.25 bits per heavy atom. The summed E-state index contributed by atoms with van der Waals surface area (Å²) >= 11 is 0. The Kier molecular flexibility index (Phi) is 2.40. The maximum absolute atomic E-state index is 2.78. The standard InChI is InChI=1S/C11H21N/c1-3-6-12-10-4-5-11(12)8-9(2)7-10/h9-11H,3-8H2,1-2H3/t9?,10-,11+. The van der Waals surface area contributed by atoms with Crippen LogP contribution in [0.1, 0.15) is 46.0 Å². The van der Waals surface area contributed by atoms with E-state index in [4.69, 9.17) is 0 Å². The van der Waals surface area contributed by atoms with Gasteiger partial charge in [-0.05, 0) is 44.6 Å². The van der Waals surface area contributed by atoms with E-state index < -0.39 is 0 Å². The fourth-order valence-corrected chi connectivity index (χ4v) is 3.17. The zero-order chi connectivity index (χ0) is 8.55. The molecule has 2 fully saturated rings. The fourth-order valence-electron chi connectivity index (χ4n) is 3.17. The molecule has 0 aromatic carbocycles. The number of hydrogen-bond donors (Lipinski definition) is 0. The first-order valence-corrected chi connectivity index (χ1v) is 5.57. The lowest BCUT2D eigenvalue weighted by Gasteiger charge is -2.37. The van der Waals surface area contributed by atoms with Gasteiger partial charge >= 0.3 is 0 Å². The maximum Gasteiger partial charge on any atom is 0.0101 e. The molecule has 70 valence electrons. The molecule has 0 aliphatic carbocycles. The van der Waals surface area contributed by atoms with Gasteiger partial charge in [-0.1, -0.05) is 13.8 Å². The number of hydrogen-bond acceptors (Lipinski definition) is 1. The van der Waals surface area contributed by atoms with Gasteiger partial charge in [0.05, 0.1) is 0 Å². The first-order valence-electron chi connectivity index (χ1n) is 5.57. The van der Waals surface area contributed by atoms with Crippen LogP contribution in [-0.4, -0.2) is 23.5 Å². The van der Waals surface area contributed by atoms with E-state index in [1.54, 1.807) is 0 Å². The molecule has 1 heteroatoms. The van der Waals surface area contributed by atoms with Crippen LogP contribution in [0.25, 0.3) is 0 Å². The Bertz CT molecular complexity index is 141. The Balaban J connectivity index is 1.99. The topological polar surface area (TPSA) is 3.24 Å². The van der Waals surface area contributed by atoms with Crippen molar-refractivity contribution in [1.29, 1.82) is 0 Å². The Morgan fingerprint density at radius 1 is 1.17 bits per heavy atom. The van der Waals surface area contributed by atoms with Gasteiger partial charge < -0.3 is 0 Å². The van der Waals surface area contributed by atoms with Gasteiger partial charge in [-0.15, -0.1) is 0 Å². The molecule has 0 N–H and O–H groups in total. The molecule has 0 saturated carbocycles. The summed E-state index contributed by atoms with van der Waals surface area (Å²) in [7, 11) is 0. The van der Waals surface area contributed by atoms with Crippen molar-refractivity contribution < 1.29 is 0 Å². The molecular weight excluding hydrogens is 146 g/mol. The minimum atomic E-state index is 0.957. The highest BCUT2D eigenvalue weighted by molar-refractivity contribution is 4.93. The van der Waals surface area contributed by atoms with Crippen molar-refractivity contribution in [2.75, 3.05) is 6.54 Å². The number of piperidine rings is 1. The van der Waals surface area contributed by atoms with E-state index in [2.05, 4.69) is 18.7 Å². The van der Waals surface area contributed by atoms with Crippen molar-refractivity contribution in [2.45, 2.75) is 58.0 Å². The van der Waals surface area contributed by atoms with E-state index in [0.717, 1.165) is 18.0 Å². The average molecular weight is 167 g/mol. The van der Waals surface area contributed by atoms with Gasteiger partial charge in [0.25, 0.3) is 0 Å². The average Bonchev–Trinajstić information content (AvgIpc) is 2.32. The first-order chi connectivity index (χ1) is 5.81. The van der Waals surface area contributed by atoms with Gasteiger partial charge in [0, 0.05) is 12.1 Å². The van der Waals surface area contributed by atoms with Crippen molar-refractivity contribution in [3.05, 3.63) is 0 Å². The highest BCUT2D eigenvalue weighted by Crippen LogP contribution is 2.38. The highest BCUT2D eigenvalue weighted by atomic mass is 15.2. The lowest BCUT2D eigenvalue weighted by Crippen LogP contribution is -2.42. The quantitative estimate of drug-likeness (QED) is 0.611. The van der Waals surface area contributed by atoms with Gasteiger partial charge in [-0.2, -0.15) is 0 Å². The zero-order valence-electron chi connectivity index (χ0n) is 8.42. The molecule has 0 amide bonds. The third-order valence-corrected chi connectivity index (χ3v) is 3.60. The molecular formula is C11H21N. The van der Waals surface area contributed by atoms with Crippen LogP contribution >= 0.6 is 0 Å². The second-order valence-electron chi connectivity index (χ2n) is 4.70. The van der Waals surface area contributed by atoms with Gasteiger partial charge in [-0.25, -0.2) is 0 Å². The Morgan fingerprint density at radius 2 is 1.75 bits per heavy atom. The molecule has 12 heavy (non-hydrogen) atoms. The molecule has 2 rings (SSSR count). The predicted octanol–water partition coefficient (Wildman–Crippen LogP) is 2.66. The highest BCUT2D eigenvalue weighted by Gasteiger charge is 2.38. The summed E-state index contributed by atoms with van der Waals surface area (Å²) in [6.07, 6.45) is 7.23.